The number of Topliss-reactive ketones (excluding diaryl/α,β-unsaturated/α-hetero) is 1. The van der Waals surface area contributed by atoms with Crippen molar-refractivity contribution in [3.63, 3.8) is 0 Å². The zero-order chi connectivity index (χ0) is 33.4. The van der Waals surface area contributed by atoms with Gasteiger partial charge in [0.2, 0.25) is 11.8 Å². The Kier molecular flexibility index (Phi) is 11.2. The van der Waals surface area contributed by atoms with E-state index in [1.54, 1.807) is 6.07 Å². The zero-order valence-electron chi connectivity index (χ0n) is 24.7. The fourth-order valence-electron chi connectivity index (χ4n) is 5.13. The number of unbranched alkanes of at least 4 members (excludes halogenated alkanes) is 1. The van der Waals surface area contributed by atoms with Crippen LogP contribution < -0.4 is 21.8 Å². The van der Waals surface area contributed by atoms with Gasteiger partial charge in [0, 0.05) is 59.5 Å². The molecule has 1 aliphatic heterocycles. The Morgan fingerprint density at radius 1 is 0.935 bits per heavy atom. The lowest BCUT2D eigenvalue weighted by Crippen LogP contribution is -2.33. The maximum Gasteiger partial charge on any atom is 0.336 e. The first-order valence-corrected chi connectivity index (χ1v) is 15.2. The van der Waals surface area contributed by atoms with Gasteiger partial charge in [-0.1, -0.05) is 12.5 Å². The Labute approximate surface area is 268 Å². The van der Waals surface area contributed by atoms with Crippen LogP contribution in [0.25, 0.3) is 33.4 Å². The number of benzene rings is 3. The van der Waals surface area contributed by atoms with Crippen LogP contribution in [0.1, 0.15) is 52.8 Å². The highest BCUT2D eigenvalue weighted by atomic mass is 32.1. The third-order valence-corrected chi connectivity index (χ3v) is 7.64. The quantitative estimate of drug-likeness (QED) is 0.0635. The van der Waals surface area contributed by atoms with Gasteiger partial charge in [-0.3, -0.25) is 24.0 Å². The van der Waals surface area contributed by atoms with E-state index in [4.69, 9.17) is 10.2 Å². The van der Waals surface area contributed by atoms with Crippen molar-refractivity contribution < 1.29 is 38.6 Å². The van der Waals surface area contributed by atoms with Crippen LogP contribution in [0.5, 0.6) is 5.75 Å². The molecule has 2 aromatic rings. The molecule has 0 unspecified atom stereocenters. The van der Waals surface area contributed by atoms with Gasteiger partial charge < -0.3 is 31.0 Å². The van der Waals surface area contributed by atoms with Crippen molar-refractivity contribution in [3.8, 4) is 28.2 Å². The Morgan fingerprint density at radius 2 is 1.70 bits per heavy atom. The van der Waals surface area contributed by atoms with Gasteiger partial charge in [-0.05, 0) is 60.6 Å². The Hall–Kier alpha value is -5.17. The van der Waals surface area contributed by atoms with Gasteiger partial charge in [-0.15, -0.1) is 0 Å². The fraction of sp³-hybridized carbons (Fsp3) is 0.273. The lowest BCUT2D eigenvalue weighted by Gasteiger charge is -2.17. The summed E-state index contributed by atoms with van der Waals surface area (Å²) in [6.45, 7) is 0.0268. The van der Waals surface area contributed by atoms with E-state index in [-0.39, 0.29) is 76.8 Å². The highest BCUT2D eigenvalue weighted by molar-refractivity contribution is 7.80. The van der Waals surface area contributed by atoms with Gasteiger partial charge >= 0.3 is 5.97 Å². The number of hydrogen-bond donors (Lipinski definition) is 6. The molecular formula is C33H33N3O9S. The van der Waals surface area contributed by atoms with Crippen molar-refractivity contribution in [2.24, 2.45) is 11.7 Å². The molecule has 1 heterocycles. The molecule has 2 aliphatic rings. The van der Waals surface area contributed by atoms with Gasteiger partial charge in [0.1, 0.15) is 17.1 Å². The van der Waals surface area contributed by atoms with E-state index in [2.05, 4.69) is 23.3 Å². The van der Waals surface area contributed by atoms with E-state index in [1.165, 1.54) is 48.5 Å². The average molecular weight is 648 g/mol. The minimum absolute atomic E-state index is 0.0746. The second-order valence-corrected chi connectivity index (χ2v) is 11.2. The molecule has 0 saturated carbocycles. The summed E-state index contributed by atoms with van der Waals surface area (Å²) >= 11 is 3.96. The molecule has 13 heteroatoms. The molecule has 46 heavy (non-hydrogen) atoms. The third kappa shape index (κ3) is 8.30. The highest BCUT2D eigenvalue weighted by Crippen LogP contribution is 2.42. The first kappa shape index (κ1) is 33.7. The Balaban J connectivity index is 1.44. The molecule has 0 radical (unpaired) electrons. The van der Waals surface area contributed by atoms with Crippen LogP contribution >= 0.6 is 12.6 Å². The number of carboxylic acids is 1. The molecule has 0 bridgehead atoms. The summed E-state index contributed by atoms with van der Waals surface area (Å²) in [6, 6.07) is 12.8. The lowest BCUT2D eigenvalue weighted by atomic mass is 9.90. The standard InChI is InChI=1S/C33H33N3O9S/c34-31(41)18(13-22(39)17-36-29(40)10-12-46)3-1-2-11-35-32(42)19-4-7-23(26(14-19)33(43)44)30-24-8-5-20(37)15-27(24)45-28-16-21(38)6-9-25(28)30/h4-9,14-16,18,37,46H,1-3,10-13,17H2,(H2,34,41)(H,35,42)(H,36,40)(H,43,44)/t18-/m1/s1. The average Bonchev–Trinajstić information content (AvgIpc) is 3.01. The van der Waals surface area contributed by atoms with Crippen molar-refractivity contribution in [1.82, 2.24) is 10.6 Å². The predicted molar refractivity (Wildman–Crippen MR) is 173 cm³/mol. The number of phenols is 1. The topological polar surface area (TPSA) is 206 Å². The minimum atomic E-state index is -1.28. The first-order chi connectivity index (χ1) is 22.0. The number of carboxylic acid groups (broad SMARTS) is 1. The molecule has 6 N–H and O–H groups in total. The number of aromatic hydroxyl groups is 1. The molecule has 1 aliphatic carbocycles. The Bertz CT molecular complexity index is 1840. The highest BCUT2D eigenvalue weighted by Gasteiger charge is 2.23. The molecule has 0 saturated heterocycles. The third-order valence-electron chi connectivity index (χ3n) is 7.42. The van der Waals surface area contributed by atoms with Crippen LogP contribution in [-0.2, 0) is 14.4 Å². The number of primary amides is 1. The van der Waals surface area contributed by atoms with E-state index < -0.39 is 23.7 Å². The molecule has 2 aromatic carbocycles. The lowest BCUT2D eigenvalue weighted by molar-refractivity contribution is -0.128. The van der Waals surface area contributed by atoms with Crippen molar-refractivity contribution in [1.29, 1.82) is 0 Å². The number of nitrogens with one attached hydrogen (secondary N) is 2. The van der Waals surface area contributed by atoms with Crippen molar-refractivity contribution in [3.05, 3.63) is 75.9 Å². The van der Waals surface area contributed by atoms with Gasteiger partial charge in [0.25, 0.3) is 5.91 Å². The Morgan fingerprint density at radius 3 is 2.41 bits per heavy atom. The molecule has 3 amide bonds. The normalized spacial score (nSPS) is 11.7. The summed E-state index contributed by atoms with van der Waals surface area (Å²) in [5.41, 5.74) is 6.57. The van der Waals surface area contributed by atoms with E-state index in [9.17, 15) is 39.0 Å². The maximum absolute atomic E-state index is 13.0. The number of aromatic carboxylic acids is 1. The van der Waals surface area contributed by atoms with Gasteiger partial charge in [-0.25, -0.2) is 4.79 Å². The van der Waals surface area contributed by atoms with E-state index in [1.807, 2.05) is 0 Å². The van der Waals surface area contributed by atoms with Gasteiger partial charge in [0.15, 0.2) is 11.2 Å². The van der Waals surface area contributed by atoms with Gasteiger partial charge in [0.05, 0.1) is 12.1 Å². The fourth-order valence-corrected chi connectivity index (χ4v) is 5.33. The number of ketones is 1. The molecule has 1 atom stereocenters. The number of fused-ring (bicyclic) bond motifs is 2. The predicted octanol–water partition coefficient (Wildman–Crippen LogP) is 3.37. The van der Waals surface area contributed by atoms with Crippen molar-refractivity contribution >= 4 is 53.1 Å². The number of thiol groups is 1. The zero-order valence-corrected chi connectivity index (χ0v) is 25.6. The number of phenolic OH excluding ortho intramolecular Hbond substituents is 1. The molecule has 12 nitrogen and oxygen atoms in total. The van der Waals surface area contributed by atoms with Crippen LogP contribution in [0, 0.1) is 5.92 Å². The second-order valence-electron chi connectivity index (χ2n) is 10.7. The second kappa shape index (κ2) is 15.2. The smallest absolute Gasteiger partial charge is 0.336 e. The van der Waals surface area contributed by atoms with Crippen LogP contribution in [0.3, 0.4) is 0 Å². The summed E-state index contributed by atoms with van der Waals surface area (Å²) in [7, 11) is 0. The molecule has 0 aromatic heterocycles. The number of nitrogens with two attached hydrogens (primary N) is 1. The molecule has 0 fully saturated rings. The molecule has 240 valence electrons. The van der Waals surface area contributed by atoms with Crippen LogP contribution in [0.15, 0.2) is 63.8 Å². The van der Waals surface area contributed by atoms with Crippen LogP contribution in [0.4, 0.5) is 0 Å². The minimum Gasteiger partial charge on any atom is -0.508 e. The largest absolute Gasteiger partial charge is 0.508 e. The van der Waals surface area contributed by atoms with Crippen molar-refractivity contribution in [2.45, 2.75) is 32.1 Å². The molecule has 4 rings (SSSR count). The maximum atomic E-state index is 13.0. The van der Waals surface area contributed by atoms with E-state index in [0.29, 0.717) is 41.5 Å². The van der Waals surface area contributed by atoms with Crippen molar-refractivity contribution in [2.75, 3.05) is 18.8 Å². The monoisotopic (exact) mass is 647 g/mol. The molecule has 0 spiro atoms. The van der Waals surface area contributed by atoms with Gasteiger partial charge in [-0.2, -0.15) is 12.6 Å². The number of rotatable bonds is 15. The van der Waals surface area contributed by atoms with Crippen LogP contribution in [0.2, 0.25) is 0 Å². The summed E-state index contributed by atoms with van der Waals surface area (Å²) in [5, 5.41) is 25.8. The summed E-state index contributed by atoms with van der Waals surface area (Å²) < 4.78 is 5.84. The van der Waals surface area contributed by atoms with E-state index in [0.717, 1.165) is 0 Å². The summed E-state index contributed by atoms with van der Waals surface area (Å²) in [5.74, 6) is -3.27. The molecular weight excluding hydrogens is 614 g/mol. The first-order valence-electron chi connectivity index (χ1n) is 14.5. The number of hydrogen-bond acceptors (Lipinski definition) is 9. The summed E-state index contributed by atoms with van der Waals surface area (Å²) in [4.78, 5) is 73.0. The summed E-state index contributed by atoms with van der Waals surface area (Å²) in [6.07, 6.45) is 1.33. The SMILES string of the molecule is NC(=O)[C@H](CCCCNC(=O)c1ccc(-c2c3ccc(=O)cc-3oc3cc(O)ccc23)c(C(=O)O)c1)CC(=O)CNC(=O)CCS. The number of carbonyl (C=O) groups excluding carboxylic acids is 4. The number of carbonyl (C=O) groups is 5. The van der Waals surface area contributed by atoms with E-state index >= 15 is 0 Å². The van der Waals surface area contributed by atoms with Crippen LogP contribution in [-0.4, -0.2) is 58.5 Å². The number of amides is 3.